The van der Waals surface area contributed by atoms with Crippen LogP contribution < -0.4 is 10.1 Å². The summed E-state index contributed by atoms with van der Waals surface area (Å²) in [5.74, 6) is 0.969. The molecule has 0 amide bonds. The third kappa shape index (κ3) is 6.60. The summed E-state index contributed by atoms with van der Waals surface area (Å²) < 4.78 is 10.8. The molecule has 0 aliphatic heterocycles. The van der Waals surface area contributed by atoms with Crippen LogP contribution in [0.5, 0.6) is 5.75 Å². The van der Waals surface area contributed by atoms with Crippen molar-refractivity contribution >= 4 is 0 Å². The molecule has 0 aliphatic rings. The fourth-order valence-corrected chi connectivity index (χ4v) is 1.86. The molecule has 19 heavy (non-hydrogen) atoms. The first-order valence-electron chi connectivity index (χ1n) is 7.23. The van der Waals surface area contributed by atoms with E-state index in [2.05, 4.69) is 37.4 Å². The smallest absolute Gasteiger partial charge is 0.119 e. The molecule has 1 atom stereocenters. The van der Waals surface area contributed by atoms with Gasteiger partial charge >= 0.3 is 0 Å². The van der Waals surface area contributed by atoms with Gasteiger partial charge in [-0.15, -0.1) is 0 Å². The van der Waals surface area contributed by atoms with Gasteiger partial charge in [-0.1, -0.05) is 25.5 Å². The van der Waals surface area contributed by atoms with Gasteiger partial charge in [0, 0.05) is 19.8 Å². The number of rotatable bonds is 10. The van der Waals surface area contributed by atoms with Gasteiger partial charge in [-0.3, -0.25) is 0 Å². The Labute approximate surface area is 117 Å². The highest BCUT2D eigenvalue weighted by Gasteiger charge is 2.05. The van der Waals surface area contributed by atoms with Crippen molar-refractivity contribution < 1.29 is 9.47 Å². The van der Waals surface area contributed by atoms with E-state index < -0.39 is 0 Å². The van der Waals surface area contributed by atoms with Gasteiger partial charge < -0.3 is 14.8 Å². The van der Waals surface area contributed by atoms with E-state index in [1.807, 2.05) is 6.07 Å². The molecule has 0 bridgehead atoms. The average Bonchev–Trinajstić information content (AvgIpc) is 2.44. The summed E-state index contributed by atoms with van der Waals surface area (Å²) in [5.41, 5.74) is 1.27. The molecule has 0 radical (unpaired) electrons. The average molecular weight is 265 g/mol. The van der Waals surface area contributed by atoms with E-state index in [0.717, 1.165) is 44.8 Å². The van der Waals surface area contributed by atoms with E-state index in [4.69, 9.17) is 9.47 Å². The first-order valence-corrected chi connectivity index (χ1v) is 7.23. The highest BCUT2D eigenvalue weighted by molar-refractivity contribution is 5.30. The van der Waals surface area contributed by atoms with Crippen LogP contribution in [0.2, 0.25) is 0 Å². The number of unbranched alkanes of at least 4 members (excludes halogenated alkanes) is 1. The summed E-state index contributed by atoms with van der Waals surface area (Å²) in [6, 6.07) is 8.69. The highest BCUT2D eigenvalue weighted by Crippen LogP contribution is 2.19. The van der Waals surface area contributed by atoms with Gasteiger partial charge in [0.2, 0.25) is 0 Å². The van der Waals surface area contributed by atoms with Gasteiger partial charge in [-0.25, -0.2) is 0 Å². The van der Waals surface area contributed by atoms with Gasteiger partial charge in [0.1, 0.15) is 5.75 Å². The SMILES string of the molecule is CCCCOc1cccc([C@H](C)NCCCOC)c1. The molecular weight excluding hydrogens is 238 g/mol. The number of nitrogens with one attached hydrogen (secondary N) is 1. The molecule has 1 rings (SSSR count). The van der Waals surface area contributed by atoms with Gasteiger partial charge in [0.15, 0.2) is 0 Å². The predicted octanol–water partition coefficient (Wildman–Crippen LogP) is 3.55. The van der Waals surface area contributed by atoms with Crippen LogP contribution in [0, 0.1) is 0 Å². The number of ether oxygens (including phenoxy) is 2. The zero-order chi connectivity index (χ0) is 13.9. The van der Waals surface area contributed by atoms with Crippen molar-refractivity contribution in [2.24, 2.45) is 0 Å². The van der Waals surface area contributed by atoms with Gasteiger partial charge in [-0.05, 0) is 44.0 Å². The molecule has 0 unspecified atom stereocenters. The zero-order valence-corrected chi connectivity index (χ0v) is 12.4. The summed E-state index contributed by atoms with van der Waals surface area (Å²) in [5, 5.41) is 3.49. The van der Waals surface area contributed by atoms with Gasteiger partial charge in [0.25, 0.3) is 0 Å². The lowest BCUT2D eigenvalue weighted by molar-refractivity contribution is 0.193. The highest BCUT2D eigenvalue weighted by atomic mass is 16.5. The quantitative estimate of drug-likeness (QED) is 0.656. The molecule has 1 aromatic carbocycles. The lowest BCUT2D eigenvalue weighted by Gasteiger charge is -2.15. The Hall–Kier alpha value is -1.06. The zero-order valence-electron chi connectivity index (χ0n) is 12.4. The molecule has 0 fully saturated rings. The topological polar surface area (TPSA) is 30.5 Å². The van der Waals surface area contributed by atoms with Crippen molar-refractivity contribution in [2.75, 3.05) is 26.9 Å². The molecule has 0 saturated heterocycles. The van der Waals surface area contributed by atoms with E-state index >= 15 is 0 Å². The molecule has 1 N–H and O–H groups in total. The van der Waals surface area contributed by atoms with Crippen LogP contribution in [-0.2, 0) is 4.74 Å². The summed E-state index contributed by atoms with van der Waals surface area (Å²) in [7, 11) is 1.74. The minimum absolute atomic E-state index is 0.339. The second kappa shape index (κ2) is 9.82. The first kappa shape index (κ1) is 16.0. The monoisotopic (exact) mass is 265 g/mol. The van der Waals surface area contributed by atoms with Crippen molar-refractivity contribution in [1.29, 1.82) is 0 Å². The molecular formula is C16H27NO2. The van der Waals surface area contributed by atoms with Crippen LogP contribution in [0.3, 0.4) is 0 Å². The van der Waals surface area contributed by atoms with Crippen molar-refractivity contribution in [3.8, 4) is 5.75 Å². The molecule has 0 spiro atoms. The Kier molecular flexibility index (Phi) is 8.26. The number of hydrogen-bond donors (Lipinski definition) is 1. The van der Waals surface area contributed by atoms with Crippen molar-refractivity contribution in [3.63, 3.8) is 0 Å². The summed E-state index contributed by atoms with van der Waals surface area (Å²) in [6.45, 7) is 6.93. The molecule has 108 valence electrons. The molecule has 3 heteroatoms. The second-order valence-electron chi connectivity index (χ2n) is 4.80. The third-order valence-corrected chi connectivity index (χ3v) is 3.10. The molecule has 0 aliphatic carbocycles. The van der Waals surface area contributed by atoms with E-state index in [1.165, 1.54) is 5.56 Å². The Morgan fingerprint density at radius 3 is 2.79 bits per heavy atom. The maximum Gasteiger partial charge on any atom is 0.119 e. The maximum atomic E-state index is 5.73. The minimum Gasteiger partial charge on any atom is -0.494 e. The Morgan fingerprint density at radius 2 is 2.05 bits per heavy atom. The standard InChI is InChI=1S/C16H27NO2/c1-4-5-12-19-16-9-6-8-15(13-16)14(2)17-10-7-11-18-3/h6,8-9,13-14,17H,4-5,7,10-12H2,1-3H3/t14-/m0/s1. The van der Waals surface area contributed by atoms with Crippen molar-refractivity contribution in [2.45, 2.75) is 39.2 Å². The normalized spacial score (nSPS) is 12.4. The van der Waals surface area contributed by atoms with Crippen molar-refractivity contribution in [1.82, 2.24) is 5.32 Å². The minimum atomic E-state index is 0.339. The number of methoxy groups -OCH3 is 1. The van der Waals surface area contributed by atoms with E-state index in [1.54, 1.807) is 7.11 Å². The first-order chi connectivity index (χ1) is 9.27. The Bertz CT molecular complexity index is 341. The third-order valence-electron chi connectivity index (χ3n) is 3.10. The maximum absolute atomic E-state index is 5.73. The summed E-state index contributed by atoms with van der Waals surface area (Å²) >= 11 is 0. The van der Waals surface area contributed by atoms with E-state index in [9.17, 15) is 0 Å². The molecule has 0 heterocycles. The number of benzene rings is 1. The van der Waals surface area contributed by atoms with Gasteiger partial charge in [0.05, 0.1) is 6.61 Å². The predicted molar refractivity (Wildman–Crippen MR) is 79.8 cm³/mol. The fraction of sp³-hybridized carbons (Fsp3) is 0.625. The largest absolute Gasteiger partial charge is 0.494 e. The lowest BCUT2D eigenvalue weighted by Crippen LogP contribution is -2.20. The van der Waals surface area contributed by atoms with Crippen LogP contribution in [0.4, 0.5) is 0 Å². The van der Waals surface area contributed by atoms with E-state index in [0.29, 0.717) is 6.04 Å². The van der Waals surface area contributed by atoms with Crippen molar-refractivity contribution in [3.05, 3.63) is 29.8 Å². The Balaban J connectivity index is 2.41. The van der Waals surface area contributed by atoms with Gasteiger partial charge in [-0.2, -0.15) is 0 Å². The van der Waals surface area contributed by atoms with Crippen LogP contribution in [-0.4, -0.2) is 26.9 Å². The van der Waals surface area contributed by atoms with Crippen LogP contribution in [0.15, 0.2) is 24.3 Å². The second-order valence-corrected chi connectivity index (χ2v) is 4.80. The van der Waals surface area contributed by atoms with Crippen LogP contribution in [0.25, 0.3) is 0 Å². The summed E-state index contributed by atoms with van der Waals surface area (Å²) in [6.07, 6.45) is 3.31. The molecule has 1 aromatic rings. The van der Waals surface area contributed by atoms with Crippen LogP contribution >= 0.6 is 0 Å². The summed E-state index contributed by atoms with van der Waals surface area (Å²) in [4.78, 5) is 0. The molecule has 3 nitrogen and oxygen atoms in total. The molecule has 0 saturated carbocycles. The molecule has 0 aromatic heterocycles. The fourth-order valence-electron chi connectivity index (χ4n) is 1.86. The number of hydrogen-bond acceptors (Lipinski definition) is 3. The van der Waals surface area contributed by atoms with E-state index in [-0.39, 0.29) is 0 Å². The van der Waals surface area contributed by atoms with Crippen LogP contribution in [0.1, 0.15) is 44.7 Å². The lowest BCUT2D eigenvalue weighted by atomic mass is 10.1. The Morgan fingerprint density at radius 1 is 1.21 bits per heavy atom.